The van der Waals surface area contributed by atoms with E-state index in [9.17, 15) is 9.65 Å². The van der Waals surface area contributed by atoms with Crippen LogP contribution in [0.1, 0.15) is 5.56 Å². The molecule has 3 aromatic rings. The van der Waals surface area contributed by atoms with Gasteiger partial charge in [0.05, 0.1) is 11.1 Å². The summed E-state index contributed by atoms with van der Waals surface area (Å²) < 4.78 is 52.8. The predicted molar refractivity (Wildman–Crippen MR) is 120 cm³/mol. The number of fused-ring (bicyclic) bond motifs is 1. The van der Waals surface area contributed by atoms with E-state index in [-0.39, 0.29) is 36.0 Å². The van der Waals surface area contributed by atoms with Gasteiger partial charge in [0, 0.05) is 45.5 Å². The zero-order valence-electron chi connectivity index (χ0n) is 18.6. The first-order chi connectivity index (χ1) is 15.2. The molecule has 32 heavy (non-hydrogen) atoms. The highest BCUT2D eigenvalue weighted by Gasteiger charge is 2.19. The van der Waals surface area contributed by atoms with Gasteiger partial charge >= 0.3 is 0 Å². The Kier molecular flexibility index (Phi) is 7.51. The number of benzene rings is 2. The maximum atomic E-state index is 15.1. The lowest BCUT2D eigenvalue weighted by atomic mass is 10.2. The number of hydrogen-bond acceptors (Lipinski definition) is 5. The van der Waals surface area contributed by atoms with Gasteiger partial charge in [-0.15, -0.1) is 0 Å². The summed E-state index contributed by atoms with van der Waals surface area (Å²) in [5.41, 5.74) is 0.532. The molecule has 0 aliphatic rings. The number of halogens is 2. The topological polar surface area (TPSA) is 65.6 Å². The van der Waals surface area contributed by atoms with Crippen LogP contribution in [0.3, 0.4) is 0 Å². The molecule has 0 atom stereocenters. The molecular weight excluding hydrogens is 434 g/mol. The minimum Gasteiger partial charge on any atom is -0.466 e. The van der Waals surface area contributed by atoms with Crippen molar-refractivity contribution in [1.82, 2.24) is 4.57 Å². The fraction of sp³-hybridized carbons (Fsp3) is 0.348. The Morgan fingerprint density at radius 1 is 1.12 bits per heavy atom. The highest BCUT2D eigenvalue weighted by atomic mass is 28.3. The zero-order chi connectivity index (χ0) is 23.3. The summed E-state index contributed by atoms with van der Waals surface area (Å²) in [5, 5.41) is 9.53. The second-order valence-electron chi connectivity index (χ2n) is 8.49. The molecule has 0 fully saturated rings. The Morgan fingerprint density at radius 2 is 1.91 bits per heavy atom. The SMILES string of the molecule is COCOc1ccc(Oc2c(F)cc3c(ccn3COCC[Si](C)(C)C)c2F)cc1C#N. The van der Waals surface area contributed by atoms with E-state index < -0.39 is 25.5 Å². The molecule has 1 heterocycles. The van der Waals surface area contributed by atoms with Crippen molar-refractivity contribution in [3.05, 3.63) is 53.7 Å². The molecule has 0 saturated heterocycles. The van der Waals surface area contributed by atoms with E-state index in [0.717, 1.165) is 6.04 Å². The minimum absolute atomic E-state index is 0.0341. The van der Waals surface area contributed by atoms with Gasteiger partial charge in [-0.1, -0.05) is 19.6 Å². The van der Waals surface area contributed by atoms with E-state index in [1.807, 2.05) is 6.07 Å². The monoisotopic (exact) mass is 460 g/mol. The molecule has 3 rings (SSSR count). The van der Waals surface area contributed by atoms with Crippen LogP contribution < -0.4 is 9.47 Å². The highest BCUT2D eigenvalue weighted by Crippen LogP contribution is 2.35. The molecule has 0 radical (unpaired) electrons. The second-order valence-corrected chi connectivity index (χ2v) is 14.1. The summed E-state index contributed by atoms with van der Waals surface area (Å²) in [4.78, 5) is 0. The average Bonchev–Trinajstić information content (AvgIpc) is 3.15. The predicted octanol–water partition coefficient (Wildman–Crippen LogP) is 5.88. The molecule has 0 bridgehead atoms. The van der Waals surface area contributed by atoms with Crippen molar-refractivity contribution in [3.8, 4) is 23.3 Å². The van der Waals surface area contributed by atoms with E-state index in [1.54, 1.807) is 16.8 Å². The Morgan fingerprint density at radius 3 is 2.59 bits per heavy atom. The minimum atomic E-state index is -1.22. The first kappa shape index (κ1) is 23.7. The van der Waals surface area contributed by atoms with Crippen LogP contribution in [0, 0.1) is 23.0 Å². The summed E-state index contributed by atoms with van der Waals surface area (Å²) in [6.45, 7) is 7.55. The van der Waals surface area contributed by atoms with Gasteiger partial charge < -0.3 is 23.5 Å². The van der Waals surface area contributed by atoms with Crippen LogP contribution in [-0.4, -0.2) is 33.2 Å². The Labute approximate surface area is 186 Å². The molecule has 0 aliphatic carbocycles. The van der Waals surface area contributed by atoms with E-state index in [2.05, 4.69) is 19.6 Å². The number of aromatic nitrogens is 1. The van der Waals surface area contributed by atoms with E-state index in [0.29, 0.717) is 12.1 Å². The molecule has 0 N–H and O–H groups in total. The van der Waals surface area contributed by atoms with Crippen LogP contribution >= 0.6 is 0 Å². The van der Waals surface area contributed by atoms with Crippen LogP contribution in [0.25, 0.3) is 10.9 Å². The van der Waals surface area contributed by atoms with Crippen LogP contribution in [0.5, 0.6) is 17.2 Å². The van der Waals surface area contributed by atoms with E-state index in [1.165, 1.54) is 31.4 Å². The maximum absolute atomic E-state index is 15.1. The summed E-state index contributed by atoms with van der Waals surface area (Å²) in [7, 11) is 0.239. The molecule has 2 aromatic carbocycles. The first-order valence-corrected chi connectivity index (χ1v) is 13.8. The molecule has 0 unspecified atom stereocenters. The van der Waals surface area contributed by atoms with E-state index >= 15 is 4.39 Å². The third-order valence-corrected chi connectivity index (χ3v) is 6.48. The number of rotatable bonds is 10. The van der Waals surface area contributed by atoms with Crippen molar-refractivity contribution in [3.63, 3.8) is 0 Å². The Bertz CT molecular complexity index is 1140. The number of nitriles is 1. The Hall–Kier alpha value is -2.93. The van der Waals surface area contributed by atoms with E-state index in [4.69, 9.17) is 18.9 Å². The fourth-order valence-electron chi connectivity index (χ4n) is 3.02. The Balaban J connectivity index is 1.81. The first-order valence-electron chi connectivity index (χ1n) is 10.1. The third-order valence-electron chi connectivity index (χ3n) is 4.77. The van der Waals surface area contributed by atoms with Gasteiger partial charge in [-0.05, 0) is 24.2 Å². The molecular formula is C23H26F2N2O4Si. The van der Waals surface area contributed by atoms with Crippen LogP contribution in [0.15, 0.2) is 36.5 Å². The van der Waals surface area contributed by atoms with Gasteiger partial charge in [-0.3, -0.25) is 0 Å². The fourth-order valence-corrected chi connectivity index (χ4v) is 3.77. The molecule has 170 valence electrons. The standard InChI is InChI=1S/C23H26F2N2O4Si/c1-28-15-30-21-6-5-17(11-16(21)13-26)31-23-19(24)12-20-18(22(23)25)7-8-27(20)14-29-9-10-32(2,3)4/h5-8,11-12H,9-10,14-15H2,1-4H3. The van der Waals surface area contributed by atoms with Crippen LogP contribution in [0.2, 0.25) is 25.7 Å². The quantitative estimate of drug-likeness (QED) is 0.215. The average molecular weight is 461 g/mol. The van der Waals surface area contributed by atoms with Crippen molar-refractivity contribution in [1.29, 1.82) is 5.26 Å². The number of ether oxygens (including phenoxy) is 4. The summed E-state index contributed by atoms with van der Waals surface area (Å²) in [6, 6.07) is 10.0. The van der Waals surface area contributed by atoms with Crippen LogP contribution in [0.4, 0.5) is 8.78 Å². The van der Waals surface area contributed by atoms with Gasteiger partial charge in [-0.25, -0.2) is 8.78 Å². The molecule has 9 heteroatoms. The lowest BCUT2D eigenvalue weighted by Gasteiger charge is -2.16. The van der Waals surface area contributed by atoms with Crippen molar-refractivity contribution >= 4 is 19.0 Å². The summed E-state index contributed by atoms with van der Waals surface area (Å²) >= 11 is 0. The van der Waals surface area contributed by atoms with Gasteiger partial charge in [0.25, 0.3) is 0 Å². The molecule has 0 aliphatic heterocycles. The third kappa shape index (κ3) is 5.65. The lowest BCUT2D eigenvalue weighted by molar-refractivity contribution is 0.0509. The number of hydrogen-bond donors (Lipinski definition) is 0. The van der Waals surface area contributed by atoms with Gasteiger partial charge in [-0.2, -0.15) is 5.26 Å². The largest absolute Gasteiger partial charge is 0.466 e. The number of nitrogens with zero attached hydrogens (tertiary/aromatic N) is 2. The summed E-state index contributed by atoms with van der Waals surface area (Å²) in [5.74, 6) is -1.82. The van der Waals surface area contributed by atoms with Crippen molar-refractivity contribution < 1.29 is 27.7 Å². The molecule has 6 nitrogen and oxygen atoms in total. The lowest BCUT2D eigenvalue weighted by Crippen LogP contribution is -2.21. The second kappa shape index (κ2) is 10.1. The maximum Gasteiger partial charge on any atom is 0.199 e. The number of methoxy groups -OCH3 is 1. The molecule has 0 spiro atoms. The van der Waals surface area contributed by atoms with Crippen LogP contribution in [-0.2, 0) is 16.2 Å². The van der Waals surface area contributed by atoms with Crippen molar-refractivity contribution in [2.75, 3.05) is 20.5 Å². The highest BCUT2D eigenvalue weighted by molar-refractivity contribution is 6.76. The molecule has 0 saturated carbocycles. The van der Waals surface area contributed by atoms with Crippen molar-refractivity contribution in [2.24, 2.45) is 0 Å². The normalized spacial score (nSPS) is 11.5. The zero-order valence-corrected chi connectivity index (χ0v) is 19.6. The molecule has 0 amide bonds. The molecule has 1 aromatic heterocycles. The van der Waals surface area contributed by atoms with Gasteiger partial charge in [0.15, 0.2) is 24.2 Å². The summed E-state index contributed by atoms with van der Waals surface area (Å²) in [6.07, 6.45) is 1.65. The van der Waals surface area contributed by atoms with Crippen molar-refractivity contribution in [2.45, 2.75) is 32.4 Å². The van der Waals surface area contributed by atoms with Gasteiger partial charge in [0.2, 0.25) is 0 Å². The van der Waals surface area contributed by atoms with Gasteiger partial charge in [0.1, 0.15) is 24.3 Å². The smallest absolute Gasteiger partial charge is 0.199 e.